The van der Waals surface area contributed by atoms with Crippen LogP contribution in [0.1, 0.15) is 33.6 Å². The molecule has 0 aromatic rings. The summed E-state index contributed by atoms with van der Waals surface area (Å²) in [5.41, 5.74) is 5.01. The van der Waals surface area contributed by atoms with Crippen molar-refractivity contribution in [2.75, 3.05) is 13.1 Å². The van der Waals surface area contributed by atoms with Crippen LogP contribution in [-0.4, -0.2) is 41.0 Å². The Bertz CT molecular complexity index is 317. The van der Waals surface area contributed by atoms with Crippen LogP contribution in [0.2, 0.25) is 0 Å². The van der Waals surface area contributed by atoms with Gasteiger partial charge in [-0.25, -0.2) is 0 Å². The molecule has 98 valence electrons. The Morgan fingerprint density at radius 2 is 2.06 bits per heavy atom. The van der Waals surface area contributed by atoms with Crippen LogP contribution in [0, 0.1) is 11.3 Å². The van der Waals surface area contributed by atoms with Crippen molar-refractivity contribution in [3.05, 3.63) is 0 Å². The monoisotopic (exact) mass is 242 g/mol. The molecular weight excluding hydrogens is 220 g/mol. The summed E-state index contributed by atoms with van der Waals surface area (Å²) in [5, 5.41) is 9.09. The quantitative estimate of drug-likeness (QED) is 0.759. The summed E-state index contributed by atoms with van der Waals surface area (Å²) in [7, 11) is 0. The van der Waals surface area contributed by atoms with Gasteiger partial charge in [-0.05, 0) is 25.7 Å². The molecule has 0 saturated carbocycles. The second-order valence-electron chi connectivity index (χ2n) is 5.61. The molecule has 3 N–H and O–H groups in total. The van der Waals surface area contributed by atoms with E-state index in [4.69, 9.17) is 10.8 Å². The topological polar surface area (TPSA) is 83.6 Å². The molecular formula is C12H22N2O3. The van der Waals surface area contributed by atoms with Crippen LogP contribution in [-0.2, 0) is 9.59 Å². The highest BCUT2D eigenvalue weighted by molar-refractivity contribution is 5.84. The molecule has 1 saturated heterocycles. The van der Waals surface area contributed by atoms with Gasteiger partial charge in [-0.1, -0.05) is 13.8 Å². The molecule has 2 atom stereocenters. The molecule has 0 bridgehead atoms. The maximum absolute atomic E-state index is 12.0. The van der Waals surface area contributed by atoms with Gasteiger partial charge >= 0.3 is 5.97 Å². The highest BCUT2D eigenvalue weighted by Gasteiger charge is 2.42. The minimum atomic E-state index is -0.842. The Kier molecular flexibility index (Phi) is 4.14. The van der Waals surface area contributed by atoms with Crippen molar-refractivity contribution in [1.82, 2.24) is 4.90 Å². The predicted octanol–water partition coefficient (Wildman–Crippen LogP) is 0.683. The highest BCUT2D eigenvalue weighted by Crippen LogP contribution is 2.30. The Hall–Kier alpha value is -1.10. The molecule has 17 heavy (non-hydrogen) atoms. The standard InChI is InChI=1S/C12H22N2O3/c1-8(2)6-9(13)10(15)14-5-4-12(3,7-14)11(16)17/h8-9H,4-7,13H2,1-3H3,(H,16,17)/t9-,12?/m1/s1. The number of nitrogens with zero attached hydrogens (tertiary/aromatic N) is 1. The minimum absolute atomic E-state index is 0.122. The number of rotatable bonds is 4. The van der Waals surface area contributed by atoms with E-state index in [1.165, 1.54) is 0 Å². The van der Waals surface area contributed by atoms with E-state index in [1.807, 2.05) is 13.8 Å². The Labute approximate surface area is 102 Å². The summed E-state index contributed by atoms with van der Waals surface area (Å²) >= 11 is 0. The van der Waals surface area contributed by atoms with E-state index in [2.05, 4.69) is 0 Å². The number of hydrogen-bond acceptors (Lipinski definition) is 3. The number of carbonyl (C=O) groups excluding carboxylic acids is 1. The molecule has 1 rings (SSSR count). The van der Waals surface area contributed by atoms with Crippen molar-refractivity contribution in [3.63, 3.8) is 0 Å². The molecule has 0 aromatic carbocycles. The van der Waals surface area contributed by atoms with Crippen LogP contribution in [0.5, 0.6) is 0 Å². The predicted molar refractivity (Wildman–Crippen MR) is 64.4 cm³/mol. The minimum Gasteiger partial charge on any atom is -0.481 e. The average molecular weight is 242 g/mol. The third kappa shape index (κ3) is 3.19. The van der Waals surface area contributed by atoms with Crippen molar-refractivity contribution >= 4 is 11.9 Å². The fraction of sp³-hybridized carbons (Fsp3) is 0.833. The van der Waals surface area contributed by atoms with Crippen molar-refractivity contribution in [1.29, 1.82) is 0 Å². The molecule has 0 aromatic heterocycles. The fourth-order valence-corrected chi connectivity index (χ4v) is 2.17. The van der Waals surface area contributed by atoms with Gasteiger partial charge in [-0.3, -0.25) is 9.59 Å². The molecule has 1 aliphatic rings. The van der Waals surface area contributed by atoms with E-state index in [0.29, 0.717) is 25.3 Å². The lowest BCUT2D eigenvalue weighted by molar-refractivity contribution is -0.147. The first kappa shape index (κ1) is 14.0. The molecule has 1 amide bonds. The summed E-state index contributed by atoms with van der Waals surface area (Å²) in [4.78, 5) is 24.7. The molecule has 1 unspecified atom stereocenters. The zero-order valence-electron chi connectivity index (χ0n) is 10.8. The number of aliphatic carboxylic acids is 1. The third-order valence-corrected chi connectivity index (χ3v) is 3.34. The molecule has 0 aliphatic carbocycles. The van der Waals surface area contributed by atoms with Crippen molar-refractivity contribution in [2.45, 2.75) is 39.7 Å². The van der Waals surface area contributed by atoms with Gasteiger partial charge in [-0.15, -0.1) is 0 Å². The van der Waals surface area contributed by atoms with E-state index in [-0.39, 0.29) is 12.5 Å². The van der Waals surface area contributed by atoms with Gasteiger partial charge in [0.05, 0.1) is 11.5 Å². The van der Waals surface area contributed by atoms with Gasteiger partial charge in [0.15, 0.2) is 0 Å². The van der Waals surface area contributed by atoms with Crippen LogP contribution < -0.4 is 5.73 Å². The number of carboxylic acid groups (broad SMARTS) is 1. The van der Waals surface area contributed by atoms with Crippen molar-refractivity contribution < 1.29 is 14.7 Å². The van der Waals surface area contributed by atoms with Crippen LogP contribution in [0.4, 0.5) is 0 Å². The number of hydrogen-bond donors (Lipinski definition) is 2. The van der Waals surface area contributed by atoms with Crippen LogP contribution in [0.25, 0.3) is 0 Å². The van der Waals surface area contributed by atoms with Crippen molar-refractivity contribution in [2.24, 2.45) is 17.1 Å². The Morgan fingerprint density at radius 3 is 2.47 bits per heavy atom. The molecule has 0 radical (unpaired) electrons. The van der Waals surface area contributed by atoms with E-state index in [0.717, 1.165) is 0 Å². The van der Waals surface area contributed by atoms with Gasteiger partial charge in [0, 0.05) is 13.1 Å². The first-order valence-corrected chi connectivity index (χ1v) is 6.04. The van der Waals surface area contributed by atoms with Gasteiger partial charge in [-0.2, -0.15) is 0 Å². The molecule has 5 heteroatoms. The lowest BCUT2D eigenvalue weighted by Crippen LogP contribution is -2.44. The number of carboxylic acids is 1. The van der Waals surface area contributed by atoms with Gasteiger partial charge < -0.3 is 15.7 Å². The maximum atomic E-state index is 12.0. The summed E-state index contributed by atoms with van der Waals surface area (Å²) in [6.07, 6.45) is 1.14. The zero-order valence-corrected chi connectivity index (χ0v) is 10.8. The number of likely N-dealkylation sites (tertiary alicyclic amines) is 1. The SMILES string of the molecule is CC(C)C[C@@H](N)C(=O)N1CCC(C)(C(=O)O)C1. The van der Waals surface area contributed by atoms with E-state index < -0.39 is 17.4 Å². The van der Waals surface area contributed by atoms with Crippen LogP contribution >= 0.6 is 0 Å². The van der Waals surface area contributed by atoms with Gasteiger partial charge in [0.1, 0.15) is 0 Å². The van der Waals surface area contributed by atoms with Crippen LogP contribution in [0.3, 0.4) is 0 Å². The highest BCUT2D eigenvalue weighted by atomic mass is 16.4. The first-order chi connectivity index (χ1) is 7.76. The normalized spacial score (nSPS) is 26.3. The molecule has 1 aliphatic heterocycles. The average Bonchev–Trinajstić information content (AvgIpc) is 2.60. The number of carbonyl (C=O) groups is 2. The van der Waals surface area contributed by atoms with Crippen LogP contribution in [0.15, 0.2) is 0 Å². The van der Waals surface area contributed by atoms with E-state index in [9.17, 15) is 9.59 Å². The lowest BCUT2D eigenvalue weighted by atomic mass is 9.90. The number of amides is 1. The van der Waals surface area contributed by atoms with E-state index >= 15 is 0 Å². The largest absolute Gasteiger partial charge is 0.481 e. The van der Waals surface area contributed by atoms with Gasteiger partial charge in [0.25, 0.3) is 0 Å². The second-order valence-corrected chi connectivity index (χ2v) is 5.61. The smallest absolute Gasteiger partial charge is 0.311 e. The molecule has 5 nitrogen and oxygen atoms in total. The number of nitrogens with two attached hydrogens (primary N) is 1. The lowest BCUT2D eigenvalue weighted by Gasteiger charge is -2.23. The summed E-state index contributed by atoms with van der Waals surface area (Å²) in [6, 6.07) is -0.508. The summed E-state index contributed by atoms with van der Waals surface area (Å²) < 4.78 is 0. The molecule has 0 spiro atoms. The molecule has 1 fully saturated rings. The zero-order chi connectivity index (χ0) is 13.2. The summed E-state index contributed by atoms with van der Waals surface area (Å²) in [5.74, 6) is -0.601. The first-order valence-electron chi connectivity index (χ1n) is 6.04. The maximum Gasteiger partial charge on any atom is 0.311 e. The Balaban J connectivity index is 2.59. The van der Waals surface area contributed by atoms with E-state index in [1.54, 1.807) is 11.8 Å². The van der Waals surface area contributed by atoms with Gasteiger partial charge in [0.2, 0.25) is 5.91 Å². The molecule has 1 heterocycles. The third-order valence-electron chi connectivity index (χ3n) is 3.34. The second kappa shape index (κ2) is 5.04. The fourth-order valence-electron chi connectivity index (χ4n) is 2.17. The Morgan fingerprint density at radius 1 is 1.47 bits per heavy atom. The summed E-state index contributed by atoms with van der Waals surface area (Å²) in [6.45, 7) is 6.47. The van der Waals surface area contributed by atoms with Crippen molar-refractivity contribution in [3.8, 4) is 0 Å².